The molecule has 0 aliphatic heterocycles. The number of carbonyl (C=O) groups excluding carboxylic acids is 1. The molecular weight excluding hydrogens is 428 g/mol. The largest absolute Gasteiger partial charge is 0.382 e. The van der Waals surface area contributed by atoms with Crippen LogP contribution < -0.4 is 11.1 Å². The third-order valence-electron chi connectivity index (χ3n) is 5.36. The first-order valence-corrected chi connectivity index (χ1v) is 10.8. The Labute approximate surface area is 195 Å². The number of fused-ring (bicyclic) bond motifs is 1. The Hall–Kier alpha value is -4.66. The van der Waals surface area contributed by atoms with E-state index < -0.39 is 5.91 Å². The van der Waals surface area contributed by atoms with Gasteiger partial charge < -0.3 is 11.1 Å². The summed E-state index contributed by atoms with van der Waals surface area (Å²) in [6.07, 6.45) is 5.88. The molecule has 0 aliphatic rings. The predicted octanol–water partition coefficient (Wildman–Crippen LogP) is 3.04. The van der Waals surface area contributed by atoms with Gasteiger partial charge in [-0.05, 0) is 36.4 Å². The van der Waals surface area contributed by atoms with E-state index in [-0.39, 0.29) is 11.5 Å². The van der Waals surface area contributed by atoms with Gasteiger partial charge in [-0.15, -0.1) is 0 Å². The van der Waals surface area contributed by atoms with Gasteiger partial charge in [0.2, 0.25) is 0 Å². The van der Waals surface area contributed by atoms with E-state index >= 15 is 0 Å². The smallest absolute Gasteiger partial charge is 0.273 e. The maximum Gasteiger partial charge on any atom is 0.273 e. The van der Waals surface area contributed by atoms with Crippen LogP contribution in [0.25, 0.3) is 33.5 Å². The van der Waals surface area contributed by atoms with Gasteiger partial charge in [-0.25, -0.2) is 9.97 Å². The Morgan fingerprint density at radius 1 is 1.00 bits per heavy atom. The molecule has 34 heavy (non-hydrogen) atoms. The maximum atomic E-state index is 13.0. The topological polar surface area (TPSA) is 124 Å². The highest BCUT2D eigenvalue weighted by Crippen LogP contribution is 2.31. The van der Waals surface area contributed by atoms with Crippen molar-refractivity contribution in [2.24, 2.45) is 7.05 Å². The summed E-state index contributed by atoms with van der Waals surface area (Å²) in [7, 11) is 1.82. The minimum absolute atomic E-state index is 0.0437. The average Bonchev–Trinajstić information content (AvgIpc) is 3.30. The summed E-state index contributed by atoms with van der Waals surface area (Å²) < 4.78 is 1.68. The molecule has 4 aromatic heterocycles. The number of nitrogen functional groups attached to an aromatic ring is 1. The van der Waals surface area contributed by atoms with E-state index in [1.54, 1.807) is 17.1 Å². The van der Waals surface area contributed by atoms with E-state index in [4.69, 9.17) is 5.73 Å². The number of anilines is 1. The van der Waals surface area contributed by atoms with Gasteiger partial charge >= 0.3 is 0 Å². The van der Waals surface area contributed by atoms with Crippen molar-refractivity contribution >= 4 is 22.6 Å². The van der Waals surface area contributed by atoms with Crippen molar-refractivity contribution in [3.8, 4) is 22.6 Å². The number of benzene rings is 1. The molecule has 0 atom stereocenters. The Kier molecular flexibility index (Phi) is 5.65. The van der Waals surface area contributed by atoms with Crippen LogP contribution in [0.4, 0.5) is 5.82 Å². The molecule has 0 saturated carbocycles. The quantitative estimate of drug-likeness (QED) is 0.407. The number of nitrogens with two attached hydrogens (primary N) is 1. The van der Waals surface area contributed by atoms with E-state index in [1.165, 1.54) is 0 Å². The van der Waals surface area contributed by atoms with Crippen LogP contribution in [0.3, 0.4) is 0 Å². The maximum absolute atomic E-state index is 13.0. The van der Waals surface area contributed by atoms with Crippen LogP contribution in [-0.4, -0.2) is 42.2 Å². The molecule has 9 nitrogen and oxygen atoms in total. The Morgan fingerprint density at radius 2 is 1.88 bits per heavy atom. The second kappa shape index (κ2) is 9.07. The Bertz CT molecular complexity index is 1480. The van der Waals surface area contributed by atoms with Crippen LogP contribution in [0.15, 0.2) is 73.2 Å². The molecule has 4 heterocycles. The Morgan fingerprint density at radius 3 is 2.68 bits per heavy atom. The van der Waals surface area contributed by atoms with E-state index in [0.29, 0.717) is 30.0 Å². The first kappa shape index (κ1) is 21.2. The summed E-state index contributed by atoms with van der Waals surface area (Å²) in [4.78, 5) is 30.8. The molecule has 168 valence electrons. The van der Waals surface area contributed by atoms with Crippen LogP contribution in [0.2, 0.25) is 0 Å². The van der Waals surface area contributed by atoms with E-state index in [2.05, 4.69) is 30.4 Å². The molecule has 1 amide bonds. The molecule has 0 spiro atoms. The molecule has 0 bridgehead atoms. The molecular formula is C25H22N8O. The summed E-state index contributed by atoms with van der Waals surface area (Å²) in [5.41, 5.74) is 10.4. The minimum atomic E-state index is -0.391. The van der Waals surface area contributed by atoms with Gasteiger partial charge in [0.25, 0.3) is 5.91 Å². The second-order valence-electron chi connectivity index (χ2n) is 7.77. The fourth-order valence-corrected chi connectivity index (χ4v) is 3.69. The minimum Gasteiger partial charge on any atom is -0.382 e. The zero-order chi connectivity index (χ0) is 23.5. The molecule has 5 rings (SSSR count). The number of hydrogen-bond donors (Lipinski definition) is 2. The number of aromatic nitrogens is 6. The van der Waals surface area contributed by atoms with Gasteiger partial charge in [0.15, 0.2) is 11.5 Å². The van der Waals surface area contributed by atoms with Crippen LogP contribution in [0, 0.1) is 0 Å². The molecule has 5 aromatic rings. The number of amides is 1. The number of aryl methyl sites for hydroxylation is 1. The van der Waals surface area contributed by atoms with Gasteiger partial charge in [0.1, 0.15) is 11.4 Å². The zero-order valence-electron chi connectivity index (χ0n) is 18.5. The third-order valence-corrected chi connectivity index (χ3v) is 5.36. The molecule has 0 unspecified atom stereocenters. The van der Waals surface area contributed by atoms with Crippen molar-refractivity contribution in [1.29, 1.82) is 0 Å². The number of hydrogen-bond acceptors (Lipinski definition) is 7. The molecule has 9 heteroatoms. The summed E-state index contributed by atoms with van der Waals surface area (Å²) in [5, 5.41) is 8.29. The van der Waals surface area contributed by atoms with Crippen molar-refractivity contribution in [2.45, 2.75) is 6.42 Å². The van der Waals surface area contributed by atoms with Crippen LogP contribution in [-0.2, 0) is 13.5 Å². The monoisotopic (exact) mass is 450 g/mol. The predicted molar refractivity (Wildman–Crippen MR) is 130 cm³/mol. The number of nitrogens with one attached hydrogen (secondary N) is 1. The Balaban J connectivity index is 1.52. The molecule has 1 aromatic carbocycles. The van der Waals surface area contributed by atoms with E-state index in [0.717, 1.165) is 22.2 Å². The molecule has 0 radical (unpaired) electrons. The van der Waals surface area contributed by atoms with Crippen molar-refractivity contribution < 1.29 is 4.79 Å². The van der Waals surface area contributed by atoms with Crippen molar-refractivity contribution in [3.63, 3.8) is 0 Å². The highest BCUT2D eigenvalue weighted by atomic mass is 16.1. The number of pyridine rings is 2. The third kappa shape index (κ3) is 4.31. The lowest BCUT2D eigenvalue weighted by atomic mass is 10.0. The van der Waals surface area contributed by atoms with Crippen molar-refractivity contribution in [2.75, 3.05) is 12.3 Å². The molecule has 0 fully saturated rings. The average molecular weight is 451 g/mol. The summed E-state index contributed by atoms with van der Waals surface area (Å²) in [5.74, 6) is -0.348. The van der Waals surface area contributed by atoms with Gasteiger partial charge in [-0.3, -0.25) is 19.4 Å². The summed E-state index contributed by atoms with van der Waals surface area (Å²) in [6, 6.07) is 17.2. The van der Waals surface area contributed by atoms with E-state index in [1.807, 2.05) is 67.8 Å². The van der Waals surface area contributed by atoms with Gasteiger partial charge in [0.05, 0.1) is 11.2 Å². The lowest BCUT2D eigenvalue weighted by Gasteiger charge is -2.12. The number of rotatable bonds is 6. The van der Waals surface area contributed by atoms with Crippen LogP contribution >= 0.6 is 0 Å². The highest BCUT2D eigenvalue weighted by Gasteiger charge is 2.21. The summed E-state index contributed by atoms with van der Waals surface area (Å²) in [6.45, 7) is 0.399. The summed E-state index contributed by atoms with van der Waals surface area (Å²) >= 11 is 0. The van der Waals surface area contributed by atoms with Gasteiger partial charge in [-0.1, -0.05) is 18.2 Å². The second-order valence-corrected chi connectivity index (χ2v) is 7.77. The normalized spacial score (nSPS) is 11.0. The first-order chi connectivity index (χ1) is 16.6. The van der Waals surface area contributed by atoms with Gasteiger partial charge in [0, 0.05) is 55.2 Å². The highest BCUT2D eigenvalue weighted by molar-refractivity contribution is 5.98. The standard InChI is InChI=1S/C25H22N8O/c1-33-14-10-20(32-33)22-21(17-7-8-19-16(15-17)5-4-12-28-19)30-23(24(26)31-22)25(34)29-13-9-18-6-2-3-11-27-18/h2-8,10-12,14-15H,9,13H2,1H3,(H2,26,31)(H,29,34). The SMILES string of the molecule is Cn1ccc(-c2nc(N)c(C(=O)NCCc3ccccn3)nc2-c2ccc3ncccc3c2)n1. The zero-order valence-corrected chi connectivity index (χ0v) is 18.5. The number of carbonyl (C=O) groups is 1. The van der Waals surface area contributed by atoms with Crippen LogP contribution in [0.1, 0.15) is 16.2 Å². The van der Waals surface area contributed by atoms with Gasteiger partial charge in [-0.2, -0.15) is 5.10 Å². The lowest BCUT2D eigenvalue weighted by molar-refractivity contribution is 0.0950. The first-order valence-electron chi connectivity index (χ1n) is 10.8. The van der Waals surface area contributed by atoms with Crippen molar-refractivity contribution in [3.05, 3.63) is 84.6 Å². The molecule has 0 aliphatic carbocycles. The van der Waals surface area contributed by atoms with Crippen LogP contribution in [0.5, 0.6) is 0 Å². The fourth-order valence-electron chi connectivity index (χ4n) is 3.69. The number of nitrogens with zero attached hydrogens (tertiary/aromatic N) is 6. The molecule has 3 N–H and O–H groups in total. The van der Waals surface area contributed by atoms with Crippen molar-refractivity contribution in [1.82, 2.24) is 35.0 Å². The fraction of sp³-hybridized carbons (Fsp3) is 0.120. The molecule has 0 saturated heterocycles. The lowest BCUT2D eigenvalue weighted by Crippen LogP contribution is -2.28. The van der Waals surface area contributed by atoms with E-state index in [9.17, 15) is 4.79 Å².